The second kappa shape index (κ2) is 7.83. The Balaban J connectivity index is 2.76. The van der Waals surface area contributed by atoms with Gasteiger partial charge in [0.1, 0.15) is 0 Å². The van der Waals surface area contributed by atoms with Gasteiger partial charge in [0, 0.05) is 6.54 Å². The summed E-state index contributed by atoms with van der Waals surface area (Å²) in [6.07, 6.45) is 3.72. The van der Waals surface area contributed by atoms with E-state index in [1.807, 2.05) is 0 Å². The minimum atomic E-state index is 0.363. The first-order valence-corrected chi connectivity index (χ1v) is 8.13. The number of hydrogen-bond donors (Lipinski definition) is 1. The molecule has 0 saturated carbocycles. The second-order valence-corrected chi connectivity index (χ2v) is 7.19. The van der Waals surface area contributed by atoms with Gasteiger partial charge in [-0.1, -0.05) is 57.9 Å². The molecular formula is C19H33N. The summed E-state index contributed by atoms with van der Waals surface area (Å²) in [5.74, 6) is 0.724. The largest absolute Gasteiger partial charge is 0.316 e. The van der Waals surface area contributed by atoms with E-state index in [9.17, 15) is 0 Å². The summed E-state index contributed by atoms with van der Waals surface area (Å²) in [6.45, 7) is 15.9. The van der Waals surface area contributed by atoms with Crippen LogP contribution in [0, 0.1) is 25.2 Å². The van der Waals surface area contributed by atoms with E-state index in [0.717, 1.165) is 19.0 Å². The van der Waals surface area contributed by atoms with Gasteiger partial charge >= 0.3 is 0 Å². The first kappa shape index (κ1) is 17.2. The molecule has 0 radical (unpaired) electrons. The van der Waals surface area contributed by atoms with Crippen LogP contribution in [0.5, 0.6) is 0 Å². The molecule has 1 aromatic rings. The van der Waals surface area contributed by atoms with Gasteiger partial charge in [0.2, 0.25) is 0 Å². The number of rotatable bonds is 8. The molecule has 0 saturated heterocycles. The quantitative estimate of drug-likeness (QED) is 0.711. The zero-order chi connectivity index (χ0) is 15.2. The summed E-state index contributed by atoms with van der Waals surface area (Å²) in [5.41, 5.74) is 4.69. The molecule has 1 nitrogen and oxygen atoms in total. The van der Waals surface area contributed by atoms with E-state index in [-0.39, 0.29) is 0 Å². The van der Waals surface area contributed by atoms with Crippen molar-refractivity contribution in [3.05, 3.63) is 34.9 Å². The topological polar surface area (TPSA) is 12.0 Å². The Morgan fingerprint density at radius 3 is 2.50 bits per heavy atom. The molecule has 0 spiro atoms. The van der Waals surface area contributed by atoms with Crippen LogP contribution < -0.4 is 5.32 Å². The maximum Gasteiger partial charge on any atom is 0.000846 e. The zero-order valence-corrected chi connectivity index (χ0v) is 14.3. The molecule has 1 unspecified atom stereocenters. The normalized spacial score (nSPS) is 14.6. The Labute approximate surface area is 126 Å². The highest BCUT2D eigenvalue weighted by atomic mass is 14.9. The molecule has 0 aliphatic carbocycles. The third-order valence-corrected chi connectivity index (χ3v) is 4.08. The molecule has 0 amide bonds. The number of hydrogen-bond acceptors (Lipinski definition) is 1. The van der Waals surface area contributed by atoms with E-state index in [1.54, 1.807) is 0 Å². The van der Waals surface area contributed by atoms with Crippen LogP contribution in [0.1, 0.15) is 57.2 Å². The van der Waals surface area contributed by atoms with E-state index in [4.69, 9.17) is 0 Å². The van der Waals surface area contributed by atoms with Gasteiger partial charge in [-0.2, -0.15) is 0 Å². The van der Waals surface area contributed by atoms with Gasteiger partial charge in [0.05, 0.1) is 0 Å². The van der Waals surface area contributed by atoms with Crippen LogP contribution in [-0.4, -0.2) is 13.1 Å². The fourth-order valence-electron chi connectivity index (χ4n) is 2.96. The van der Waals surface area contributed by atoms with Gasteiger partial charge < -0.3 is 5.32 Å². The van der Waals surface area contributed by atoms with Crippen molar-refractivity contribution in [2.75, 3.05) is 13.1 Å². The van der Waals surface area contributed by atoms with Crippen LogP contribution in [-0.2, 0) is 6.42 Å². The Hall–Kier alpha value is -0.820. The summed E-state index contributed by atoms with van der Waals surface area (Å²) in [4.78, 5) is 0. The average molecular weight is 275 g/mol. The molecule has 0 heterocycles. The third-order valence-electron chi connectivity index (χ3n) is 4.08. The summed E-state index contributed by atoms with van der Waals surface area (Å²) in [5, 5.41) is 3.66. The highest BCUT2D eigenvalue weighted by Gasteiger charge is 2.24. The predicted octanol–water partition coefficient (Wildman–Crippen LogP) is 4.90. The van der Waals surface area contributed by atoms with Crippen molar-refractivity contribution in [1.82, 2.24) is 5.32 Å². The Morgan fingerprint density at radius 1 is 1.20 bits per heavy atom. The van der Waals surface area contributed by atoms with Crippen LogP contribution in [0.25, 0.3) is 0 Å². The van der Waals surface area contributed by atoms with Crippen molar-refractivity contribution >= 4 is 0 Å². The Bertz CT molecular complexity index is 408. The molecule has 0 fully saturated rings. The molecule has 1 N–H and O–H groups in total. The molecule has 114 valence electrons. The first-order valence-electron chi connectivity index (χ1n) is 8.13. The van der Waals surface area contributed by atoms with Gasteiger partial charge in [0.25, 0.3) is 0 Å². The fourth-order valence-corrected chi connectivity index (χ4v) is 2.96. The molecule has 1 heteroatoms. The molecule has 20 heavy (non-hydrogen) atoms. The van der Waals surface area contributed by atoms with Crippen LogP contribution >= 0.6 is 0 Å². The molecule has 0 aliphatic heterocycles. The smallest absolute Gasteiger partial charge is 0.000846 e. The van der Waals surface area contributed by atoms with E-state index >= 15 is 0 Å². The summed E-state index contributed by atoms with van der Waals surface area (Å²) >= 11 is 0. The minimum Gasteiger partial charge on any atom is -0.316 e. The minimum absolute atomic E-state index is 0.363. The van der Waals surface area contributed by atoms with Crippen molar-refractivity contribution in [1.29, 1.82) is 0 Å². The maximum atomic E-state index is 3.66. The summed E-state index contributed by atoms with van der Waals surface area (Å²) in [7, 11) is 0. The van der Waals surface area contributed by atoms with Crippen molar-refractivity contribution < 1.29 is 0 Å². The summed E-state index contributed by atoms with van der Waals surface area (Å²) < 4.78 is 0. The number of benzene rings is 1. The lowest BCUT2D eigenvalue weighted by Gasteiger charge is -2.31. The van der Waals surface area contributed by atoms with Gasteiger partial charge in [0.15, 0.2) is 0 Å². The maximum absolute atomic E-state index is 3.66. The SMILES string of the molecule is CCCC(C)(CNCC(C)C)Cc1cc(C)ccc1C. The Kier molecular flexibility index (Phi) is 6.75. The zero-order valence-electron chi connectivity index (χ0n) is 14.3. The highest BCUT2D eigenvalue weighted by molar-refractivity contribution is 5.31. The number of aryl methyl sites for hydroxylation is 2. The molecule has 0 aliphatic rings. The molecular weight excluding hydrogens is 242 g/mol. The lowest BCUT2D eigenvalue weighted by molar-refractivity contribution is 0.270. The van der Waals surface area contributed by atoms with Gasteiger partial charge in [-0.3, -0.25) is 0 Å². The van der Waals surface area contributed by atoms with Gasteiger partial charge in [-0.05, 0) is 55.7 Å². The molecule has 1 aromatic carbocycles. The van der Waals surface area contributed by atoms with Crippen LogP contribution in [0.4, 0.5) is 0 Å². The summed E-state index contributed by atoms with van der Waals surface area (Å²) in [6, 6.07) is 6.84. The molecule has 1 atom stereocenters. The van der Waals surface area contributed by atoms with Crippen molar-refractivity contribution in [2.45, 2.75) is 60.8 Å². The fraction of sp³-hybridized carbons (Fsp3) is 0.684. The van der Waals surface area contributed by atoms with Gasteiger partial charge in [-0.25, -0.2) is 0 Å². The first-order chi connectivity index (χ1) is 9.36. The van der Waals surface area contributed by atoms with E-state index in [1.165, 1.54) is 36.0 Å². The van der Waals surface area contributed by atoms with Crippen molar-refractivity contribution in [3.8, 4) is 0 Å². The Morgan fingerprint density at radius 2 is 1.90 bits per heavy atom. The lowest BCUT2D eigenvalue weighted by Crippen LogP contribution is -2.35. The predicted molar refractivity (Wildman–Crippen MR) is 90.3 cm³/mol. The molecule has 0 bridgehead atoms. The average Bonchev–Trinajstić information content (AvgIpc) is 2.33. The van der Waals surface area contributed by atoms with Crippen LogP contribution in [0.3, 0.4) is 0 Å². The highest BCUT2D eigenvalue weighted by Crippen LogP contribution is 2.29. The third kappa shape index (κ3) is 5.66. The van der Waals surface area contributed by atoms with E-state index in [2.05, 4.69) is 65.1 Å². The van der Waals surface area contributed by atoms with Gasteiger partial charge in [-0.15, -0.1) is 0 Å². The van der Waals surface area contributed by atoms with Crippen LogP contribution in [0.2, 0.25) is 0 Å². The van der Waals surface area contributed by atoms with Crippen molar-refractivity contribution in [2.24, 2.45) is 11.3 Å². The van der Waals surface area contributed by atoms with Crippen molar-refractivity contribution in [3.63, 3.8) is 0 Å². The molecule has 1 rings (SSSR count). The second-order valence-electron chi connectivity index (χ2n) is 7.19. The number of nitrogens with one attached hydrogen (secondary N) is 1. The monoisotopic (exact) mass is 275 g/mol. The standard InChI is InChI=1S/C19H33N/c1-7-10-19(6,14-20-13-15(2)3)12-18-11-16(4)8-9-17(18)5/h8-9,11,15,20H,7,10,12-14H2,1-6H3. The van der Waals surface area contributed by atoms with E-state index in [0.29, 0.717) is 5.41 Å². The van der Waals surface area contributed by atoms with E-state index < -0.39 is 0 Å². The lowest BCUT2D eigenvalue weighted by atomic mass is 9.78. The van der Waals surface area contributed by atoms with Crippen LogP contribution in [0.15, 0.2) is 18.2 Å². The molecule has 0 aromatic heterocycles.